The number of hydrogen-bond acceptors (Lipinski definition) is 3. The molecule has 25 heavy (non-hydrogen) atoms. The fraction of sp³-hybridized carbons (Fsp3) is 0.955. The molecule has 0 spiro atoms. The van der Waals surface area contributed by atoms with Gasteiger partial charge >= 0.3 is 5.97 Å². The lowest BCUT2D eigenvalue weighted by atomic mass is 9.44. The van der Waals surface area contributed by atoms with E-state index >= 15 is 0 Å². The fourth-order valence-electron chi connectivity index (χ4n) is 8.68. The van der Waals surface area contributed by atoms with Gasteiger partial charge in [-0.25, -0.2) is 0 Å². The quantitative estimate of drug-likeness (QED) is 0.669. The van der Waals surface area contributed by atoms with Crippen molar-refractivity contribution in [1.82, 2.24) is 0 Å². The number of aliphatic hydroxyl groups is 1. The number of carbonyl (C=O) groups excluding carboxylic acids is 1. The molecular weight excluding hydrogens is 312 g/mol. The topological polar surface area (TPSA) is 46.5 Å². The summed E-state index contributed by atoms with van der Waals surface area (Å²) < 4.78 is 5.81. The molecule has 0 amide bonds. The number of esters is 1. The third-order valence-electron chi connectivity index (χ3n) is 9.90. The number of fused-ring (bicyclic) bond motifs is 7. The van der Waals surface area contributed by atoms with E-state index in [1.807, 2.05) is 0 Å². The highest BCUT2D eigenvalue weighted by molar-refractivity contribution is 5.75. The Morgan fingerprint density at radius 2 is 1.76 bits per heavy atom. The molecule has 3 nitrogen and oxygen atoms in total. The Kier molecular flexibility index (Phi) is 3.48. The highest BCUT2D eigenvalue weighted by Gasteiger charge is 2.66. The summed E-state index contributed by atoms with van der Waals surface area (Å²) in [6.45, 7) is 7.13. The van der Waals surface area contributed by atoms with E-state index in [0.717, 1.165) is 42.9 Å². The highest BCUT2D eigenvalue weighted by Crippen LogP contribution is 2.69. The Bertz CT molecular complexity index is 588. The number of hydrogen-bond donors (Lipinski definition) is 1. The van der Waals surface area contributed by atoms with Gasteiger partial charge in [0.05, 0.1) is 12.0 Å². The standard InChI is InChI=1S/C22H34O3/c1-12-19-18(25-20(12)24)11-17-15-5-4-13-10-14(23)6-8-21(13,2)16(15)7-9-22(17,19)3/h12-19,23H,4-11H2,1-3H3/t12?,13-,14?,15?,16?,17?,18?,19?,21-,22-/m0/s1. The molecule has 1 saturated heterocycles. The summed E-state index contributed by atoms with van der Waals surface area (Å²) in [6.07, 6.45) is 9.70. The summed E-state index contributed by atoms with van der Waals surface area (Å²) in [5.74, 6) is 3.68. The molecule has 0 bridgehead atoms. The van der Waals surface area contributed by atoms with Gasteiger partial charge in [0, 0.05) is 5.92 Å². The molecule has 4 aliphatic carbocycles. The van der Waals surface area contributed by atoms with E-state index in [0.29, 0.717) is 16.7 Å². The lowest BCUT2D eigenvalue weighted by Gasteiger charge is -2.61. The molecule has 7 unspecified atom stereocenters. The second kappa shape index (κ2) is 5.24. The fourth-order valence-corrected chi connectivity index (χ4v) is 8.68. The van der Waals surface area contributed by atoms with Gasteiger partial charge in [-0.3, -0.25) is 4.79 Å². The molecule has 5 fully saturated rings. The third kappa shape index (κ3) is 2.05. The van der Waals surface area contributed by atoms with Crippen LogP contribution in [0.4, 0.5) is 0 Å². The minimum Gasteiger partial charge on any atom is -0.462 e. The SMILES string of the molecule is CC1C(=O)OC2CC3C4CC[C@H]5CC(O)CC[C@]5(C)C4CC[C@]3(C)C21. The second-order valence-corrected chi connectivity index (χ2v) is 10.7. The Morgan fingerprint density at radius 3 is 2.56 bits per heavy atom. The zero-order valence-corrected chi connectivity index (χ0v) is 16.0. The van der Waals surface area contributed by atoms with Crippen molar-refractivity contribution in [3.05, 3.63) is 0 Å². The average molecular weight is 347 g/mol. The van der Waals surface area contributed by atoms with Gasteiger partial charge in [-0.2, -0.15) is 0 Å². The van der Waals surface area contributed by atoms with Gasteiger partial charge in [0.25, 0.3) is 0 Å². The van der Waals surface area contributed by atoms with Crippen LogP contribution in [-0.2, 0) is 9.53 Å². The Morgan fingerprint density at radius 1 is 1.00 bits per heavy atom. The first-order chi connectivity index (χ1) is 11.8. The van der Waals surface area contributed by atoms with Crippen LogP contribution in [-0.4, -0.2) is 23.3 Å². The predicted molar refractivity (Wildman–Crippen MR) is 95.7 cm³/mol. The average Bonchev–Trinajstić information content (AvgIpc) is 3.02. The van der Waals surface area contributed by atoms with Crippen molar-refractivity contribution in [1.29, 1.82) is 0 Å². The molecule has 140 valence electrons. The summed E-state index contributed by atoms with van der Waals surface area (Å²) in [7, 11) is 0. The Labute approximate surface area is 151 Å². The first-order valence-electron chi connectivity index (χ1n) is 10.7. The van der Waals surface area contributed by atoms with Crippen molar-refractivity contribution in [2.45, 2.75) is 84.3 Å². The van der Waals surface area contributed by atoms with Crippen LogP contribution in [0.2, 0.25) is 0 Å². The lowest BCUT2D eigenvalue weighted by molar-refractivity contribution is -0.147. The van der Waals surface area contributed by atoms with Crippen LogP contribution in [0.1, 0.15) is 72.1 Å². The van der Waals surface area contributed by atoms with Crippen LogP contribution >= 0.6 is 0 Å². The molecule has 5 rings (SSSR count). The smallest absolute Gasteiger partial charge is 0.309 e. The van der Waals surface area contributed by atoms with Crippen LogP contribution < -0.4 is 0 Å². The lowest BCUT2D eigenvalue weighted by Crippen LogP contribution is -2.54. The molecule has 10 atom stereocenters. The zero-order valence-electron chi connectivity index (χ0n) is 16.0. The number of rotatable bonds is 0. The Balaban J connectivity index is 1.45. The summed E-state index contributed by atoms with van der Waals surface area (Å²) >= 11 is 0. The van der Waals surface area contributed by atoms with E-state index in [1.54, 1.807) is 0 Å². The van der Waals surface area contributed by atoms with Gasteiger partial charge in [0.2, 0.25) is 0 Å². The summed E-state index contributed by atoms with van der Waals surface area (Å²) in [6, 6.07) is 0. The number of aliphatic hydroxyl groups excluding tert-OH is 1. The van der Waals surface area contributed by atoms with Crippen LogP contribution in [0.15, 0.2) is 0 Å². The van der Waals surface area contributed by atoms with Crippen molar-refractivity contribution in [2.24, 2.45) is 46.3 Å². The minimum absolute atomic E-state index is 0.0498. The number of carbonyl (C=O) groups is 1. The van der Waals surface area contributed by atoms with Crippen molar-refractivity contribution in [3.63, 3.8) is 0 Å². The minimum atomic E-state index is -0.0606. The molecular formula is C22H34O3. The van der Waals surface area contributed by atoms with Crippen molar-refractivity contribution >= 4 is 5.97 Å². The zero-order chi connectivity index (χ0) is 17.6. The maximum absolute atomic E-state index is 12.1. The monoisotopic (exact) mass is 346 g/mol. The van der Waals surface area contributed by atoms with Gasteiger partial charge in [-0.05, 0) is 85.9 Å². The molecule has 1 aliphatic heterocycles. The van der Waals surface area contributed by atoms with E-state index in [1.165, 1.54) is 32.1 Å². The molecule has 0 aromatic carbocycles. The predicted octanol–water partition coefficient (Wildman–Crippen LogP) is 4.18. The Hall–Kier alpha value is -0.570. The maximum atomic E-state index is 12.1. The molecule has 0 aromatic heterocycles. The molecule has 0 radical (unpaired) electrons. The normalized spacial score (nSPS) is 60.2. The van der Waals surface area contributed by atoms with Crippen LogP contribution in [0.3, 0.4) is 0 Å². The first-order valence-corrected chi connectivity index (χ1v) is 10.7. The largest absolute Gasteiger partial charge is 0.462 e. The van der Waals surface area contributed by atoms with E-state index in [9.17, 15) is 9.90 Å². The molecule has 1 heterocycles. The molecule has 3 heteroatoms. The molecule has 0 aromatic rings. The van der Waals surface area contributed by atoms with Gasteiger partial charge in [0.1, 0.15) is 6.10 Å². The van der Waals surface area contributed by atoms with Crippen LogP contribution in [0.25, 0.3) is 0 Å². The highest BCUT2D eigenvalue weighted by atomic mass is 16.6. The van der Waals surface area contributed by atoms with E-state index < -0.39 is 0 Å². The summed E-state index contributed by atoms with van der Waals surface area (Å²) in [4.78, 5) is 12.1. The van der Waals surface area contributed by atoms with Gasteiger partial charge in [0.15, 0.2) is 0 Å². The molecule has 1 N–H and O–H groups in total. The molecule has 5 aliphatic rings. The molecule has 4 saturated carbocycles. The number of ether oxygens (including phenoxy) is 1. The van der Waals surface area contributed by atoms with Gasteiger partial charge in [-0.15, -0.1) is 0 Å². The van der Waals surface area contributed by atoms with E-state index in [4.69, 9.17) is 4.74 Å². The van der Waals surface area contributed by atoms with E-state index in [-0.39, 0.29) is 24.1 Å². The van der Waals surface area contributed by atoms with Crippen LogP contribution in [0, 0.1) is 46.3 Å². The maximum Gasteiger partial charge on any atom is 0.309 e. The third-order valence-corrected chi connectivity index (χ3v) is 9.90. The second-order valence-electron chi connectivity index (χ2n) is 10.7. The van der Waals surface area contributed by atoms with Gasteiger partial charge < -0.3 is 9.84 Å². The summed E-state index contributed by atoms with van der Waals surface area (Å²) in [5, 5.41) is 10.2. The van der Waals surface area contributed by atoms with Crippen molar-refractivity contribution < 1.29 is 14.6 Å². The van der Waals surface area contributed by atoms with Crippen molar-refractivity contribution in [3.8, 4) is 0 Å². The first kappa shape index (κ1) is 16.6. The van der Waals surface area contributed by atoms with E-state index in [2.05, 4.69) is 20.8 Å². The van der Waals surface area contributed by atoms with Crippen LogP contribution in [0.5, 0.6) is 0 Å². The van der Waals surface area contributed by atoms with Crippen molar-refractivity contribution in [2.75, 3.05) is 0 Å². The summed E-state index contributed by atoms with van der Waals surface area (Å²) in [5.41, 5.74) is 0.734. The van der Waals surface area contributed by atoms with Gasteiger partial charge in [-0.1, -0.05) is 20.8 Å².